The minimum absolute atomic E-state index is 0.0472. The molecule has 1 atom stereocenters. The number of nitrogens with one attached hydrogen (secondary N) is 1. The predicted molar refractivity (Wildman–Crippen MR) is 125 cm³/mol. The summed E-state index contributed by atoms with van der Waals surface area (Å²) in [5, 5.41) is 2.94. The van der Waals surface area contributed by atoms with Crippen molar-refractivity contribution in [1.29, 1.82) is 0 Å². The summed E-state index contributed by atoms with van der Waals surface area (Å²) in [5.41, 5.74) is 3.55. The second kappa shape index (κ2) is 10.2. The summed E-state index contributed by atoms with van der Waals surface area (Å²) in [7, 11) is 1.67. The molecule has 2 aromatic rings. The van der Waals surface area contributed by atoms with Crippen molar-refractivity contribution in [2.24, 2.45) is 0 Å². The summed E-state index contributed by atoms with van der Waals surface area (Å²) >= 11 is 0. The van der Waals surface area contributed by atoms with Crippen LogP contribution in [-0.2, 0) is 16.1 Å². The Labute approximate surface area is 190 Å². The Morgan fingerprint density at radius 3 is 2.53 bits per heavy atom. The van der Waals surface area contributed by atoms with Crippen LogP contribution in [0.2, 0.25) is 0 Å². The fourth-order valence-electron chi connectivity index (χ4n) is 4.93. The van der Waals surface area contributed by atoms with Crippen molar-refractivity contribution in [3.8, 4) is 5.75 Å². The molecule has 1 N–H and O–H groups in total. The van der Waals surface area contributed by atoms with Gasteiger partial charge in [-0.1, -0.05) is 42.5 Å². The van der Waals surface area contributed by atoms with Gasteiger partial charge in [0.2, 0.25) is 11.8 Å². The second-order valence-electron chi connectivity index (χ2n) is 8.85. The molecular formula is C26H33N3O3. The third kappa shape index (κ3) is 5.13. The molecule has 0 bridgehead atoms. The lowest BCUT2D eigenvalue weighted by molar-refractivity contribution is -0.139. The molecule has 170 valence electrons. The number of piperazine rings is 1. The van der Waals surface area contributed by atoms with Crippen LogP contribution in [0.25, 0.3) is 0 Å². The van der Waals surface area contributed by atoms with E-state index in [0.717, 1.165) is 49.4 Å². The van der Waals surface area contributed by atoms with Gasteiger partial charge in [0, 0.05) is 32.7 Å². The van der Waals surface area contributed by atoms with Gasteiger partial charge in [-0.2, -0.15) is 0 Å². The van der Waals surface area contributed by atoms with Crippen molar-refractivity contribution in [1.82, 2.24) is 15.1 Å². The zero-order valence-electron chi connectivity index (χ0n) is 19.0. The maximum Gasteiger partial charge on any atom is 0.237 e. The van der Waals surface area contributed by atoms with Crippen LogP contribution in [0.3, 0.4) is 0 Å². The van der Waals surface area contributed by atoms with Gasteiger partial charge >= 0.3 is 0 Å². The Morgan fingerprint density at radius 1 is 1.09 bits per heavy atom. The van der Waals surface area contributed by atoms with Gasteiger partial charge in [0.1, 0.15) is 5.75 Å². The summed E-state index contributed by atoms with van der Waals surface area (Å²) in [6, 6.07) is 16.2. The molecule has 4 rings (SSSR count). The first kappa shape index (κ1) is 22.3. The molecule has 2 aliphatic heterocycles. The van der Waals surface area contributed by atoms with Crippen LogP contribution in [0.15, 0.2) is 48.5 Å². The Kier molecular flexibility index (Phi) is 7.10. The first-order valence-electron chi connectivity index (χ1n) is 11.5. The molecule has 6 heteroatoms. The topological polar surface area (TPSA) is 61.9 Å². The summed E-state index contributed by atoms with van der Waals surface area (Å²) in [4.78, 5) is 29.8. The van der Waals surface area contributed by atoms with Gasteiger partial charge in [-0.15, -0.1) is 0 Å². The molecular weight excluding hydrogens is 402 g/mol. The number of hydrogen-bond donors (Lipinski definition) is 1. The number of nitrogens with zero attached hydrogens (tertiary/aromatic N) is 2. The molecule has 2 aromatic carbocycles. The van der Waals surface area contributed by atoms with E-state index in [0.29, 0.717) is 19.0 Å². The van der Waals surface area contributed by atoms with Gasteiger partial charge in [-0.3, -0.25) is 14.5 Å². The van der Waals surface area contributed by atoms with Crippen LogP contribution in [0.4, 0.5) is 0 Å². The summed E-state index contributed by atoms with van der Waals surface area (Å²) < 4.78 is 5.36. The zero-order valence-corrected chi connectivity index (χ0v) is 19.0. The van der Waals surface area contributed by atoms with Crippen LogP contribution in [-0.4, -0.2) is 60.9 Å². The Bertz CT molecular complexity index is 939. The number of likely N-dealkylation sites (tertiary alicyclic amines) is 1. The van der Waals surface area contributed by atoms with E-state index in [2.05, 4.69) is 40.5 Å². The van der Waals surface area contributed by atoms with E-state index in [-0.39, 0.29) is 18.2 Å². The van der Waals surface area contributed by atoms with E-state index in [4.69, 9.17) is 4.74 Å². The average Bonchev–Trinajstić information content (AvgIpc) is 2.82. The van der Waals surface area contributed by atoms with E-state index >= 15 is 0 Å². The fourth-order valence-corrected chi connectivity index (χ4v) is 4.93. The molecule has 2 amide bonds. The van der Waals surface area contributed by atoms with E-state index in [9.17, 15) is 9.59 Å². The fraction of sp³-hybridized carbons (Fsp3) is 0.462. The summed E-state index contributed by atoms with van der Waals surface area (Å²) in [5.74, 6) is 1.40. The SMILES string of the molecule is COc1ccc(CN2CCNC(=O)[C@H]2CC(=O)N2CCC(c3ccccc3)CC2)cc1C. The van der Waals surface area contributed by atoms with Crippen LogP contribution in [0, 0.1) is 6.92 Å². The van der Waals surface area contributed by atoms with Crippen LogP contribution >= 0.6 is 0 Å². The van der Waals surface area contributed by atoms with Gasteiger partial charge in [0.05, 0.1) is 19.6 Å². The normalized spacial score (nSPS) is 20.1. The molecule has 0 aromatic heterocycles. The number of methoxy groups -OCH3 is 1. The van der Waals surface area contributed by atoms with Crippen molar-refractivity contribution in [3.63, 3.8) is 0 Å². The van der Waals surface area contributed by atoms with Crippen molar-refractivity contribution in [3.05, 3.63) is 65.2 Å². The number of aryl methyl sites for hydroxylation is 1. The molecule has 0 unspecified atom stereocenters. The van der Waals surface area contributed by atoms with Crippen LogP contribution in [0.1, 0.15) is 41.9 Å². The van der Waals surface area contributed by atoms with Gasteiger partial charge in [-0.25, -0.2) is 0 Å². The van der Waals surface area contributed by atoms with E-state index in [1.807, 2.05) is 30.0 Å². The van der Waals surface area contributed by atoms with E-state index < -0.39 is 6.04 Å². The molecule has 2 aliphatic rings. The van der Waals surface area contributed by atoms with Crippen molar-refractivity contribution in [2.45, 2.75) is 44.7 Å². The number of hydrogen-bond acceptors (Lipinski definition) is 4. The molecule has 0 saturated carbocycles. The third-order valence-corrected chi connectivity index (χ3v) is 6.77. The Morgan fingerprint density at radius 2 is 1.84 bits per heavy atom. The lowest BCUT2D eigenvalue weighted by atomic mass is 9.89. The number of benzene rings is 2. The molecule has 0 aliphatic carbocycles. The number of ether oxygens (including phenoxy) is 1. The third-order valence-electron chi connectivity index (χ3n) is 6.77. The second-order valence-corrected chi connectivity index (χ2v) is 8.85. The minimum atomic E-state index is -0.425. The largest absolute Gasteiger partial charge is 0.496 e. The monoisotopic (exact) mass is 435 g/mol. The minimum Gasteiger partial charge on any atom is -0.496 e. The van der Waals surface area contributed by atoms with Crippen molar-refractivity contribution >= 4 is 11.8 Å². The maximum atomic E-state index is 13.1. The Hall–Kier alpha value is -2.86. The quantitative estimate of drug-likeness (QED) is 0.758. The van der Waals surface area contributed by atoms with Gasteiger partial charge in [0.25, 0.3) is 0 Å². The number of carbonyl (C=O) groups is 2. The summed E-state index contributed by atoms with van der Waals surface area (Å²) in [6.07, 6.45) is 2.18. The molecule has 2 fully saturated rings. The lowest BCUT2D eigenvalue weighted by Gasteiger charge is -2.37. The number of piperidine rings is 1. The highest BCUT2D eigenvalue weighted by Gasteiger charge is 2.34. The van der Waals surface area contributed by atoms with Crippen LogP contribution < -0.4 is 10.1 Å². The van der Waals surface area contributed by atoms with Crippen molar-refractivity contribution in [2.75, 3.05) is 33.3 Å². The van der Waals surface area contributed by atoms with Crippen LogP contribution in [0.5, 0.6) is 5.75 Å². The van der Waals surface area contributed by atoms with Gasteiger partial charge in [0.15, 0.2) is 0 Å². The molecule has 0 spiro atoms. The number of amides is 2. The van der Waals surface area contributed by atoms with Crippen molar-refractivity contribution < 1.29 is 14.3 Å². The molecule has 2 heterocycles. The average molecular weight is 436 g/mol. The lowest BCUT2D eigenvalue weighted by Crippen LogP contribution is -2.56. The molecule has 2 saturated heterocycles. The molecule has 6 nitrogen and oxygen atoms in total. The van der Waals surface area contributed by atoms with Gasteiger partial charge in [-0.05, 0) is 48.4 Å². The molecule has 0 radical (unpaired) electrons. The Balaban J connectivity index is 1.37. The highest BCUT2D eigenvalue weighted by atomic mass is 16.5. The first-order chi connectivity index (χ1) is 15.5. The van der Waals surface area contributed by atoms with E-state index in [1.165, 1.54) is 5.56 Å². The summed E-state index contributed by atoms with van der Waals surface area (Å²) in [6.45, 7) is 5.53. The highest BCUT2D eigenvalue weighted by Crippen LogP contribution is 2.28. The first-order valence-corrected chi connectivity index (χ1v) is 11.5. The standard InChI is InChI=1S/C26H33N3O3/c1-19-16-20(8-9-24(19)32-2)18-29-15-12-27-26(31)23(29)17-25(30)28-13-10-22(11-14-28)21-6-4-3-5-7-21/h3-9,16,22-23H,10-15,17-18H2,1-2H3,(H,27,31)/t23-/m1/s1. The smallest absolute Gasteiger partial charge is 0.237 e. The van der Waals surface area contributed by atoms with Gasteiger partial charge < -0.3 is 15.0 Å². The predicted octanol–water partition coefficient (Wildman–Crippen LogP) is 3.10. The number of carbonyl (C=O) groups excluding carboxylic acids is 2. The maximum absolute atomic E-state index is 13.1. The highest BCUT2D eigenvalue weighted by molar-refractivity contribution is 5.88. The number of rotatable bonds is 6. The zero-order chi connectivity index (χ0) is 22.5. The molecule has 32 heavy (non-hydrogen) atoms. The van der Waals surface area contributed by atoms with E-state index in [1.54, 1.807) is 7.11 Å².